The van der Waals surface area contributed by atoms with Gasteiger partial charge < -0.3 is 15.8 Å². The second-order valence-electron chi connectivity index (χ2n) is 4.32. The van der Waals surface area contributed by atoms with Crippen molar-refractivity contribution < 1.29 is 9.53 Å². The monoisotopic (exact) mass is 236 g/mol. The Hall–Kier alpha value is -1.55. The van der Waals surface area contributed by atoms with Gasteiger partial charge in [0.15, 0.2) is 0 Å². The summed E-state index contributed by atoms with van der Waals surface area (Å²) >= 11 is 0. The number of nitrogens with one attached hydrogen (secondary N) is 1. The zero-order valence-electron chi connectivity index (χ0n) is 10.6. The van der Waals surface area contributed by atoms with Crippen molar-refractivity contribution in [1.29, 1.82) is 0 Å². The third kappa shape index (κ3) is 3.75. The van der Waals surface area contributed by atoms with E-state index in [0.717, 1.165) is 11.3 Å². The molecule has 1 unspecified atom stereocenters. The van der Waals surface area contributed by atoms with Gasteiger partial charge in [-0.15, -0.1) is 0 Å². The number of primary amides is 1. The third-order valence-electron chi connectivity index (χ3n) is 2.68. The lowest BCUT2D eigenvalue weighted by Crippen LogP contribution is -2.44. The normalized spacial score (nSPS) is 12.5. The number of methoxy groups -OCH3 is 1. The fourth-order valence-corrected chi connectivity index (χ4v) is 1.73. The first-order valence-electron chi connectivity index (χ1n) is 5.71. The topological polar surface area (TPSA) is 64.3 Å². The van der Waals surface area contributed by atoms with Crippen molar-refractivity contribution in [3.63, 3.8) is 0 Å². The van der Waals surface area contributed by atoms with Gasteiger partial charge in [0.05, 0.1) is 13.2 Å². The summed E-state index contributed by atoms with van der Waals surface area (Å²) in [6, 6.07) is 7.39. The number of hydrogen-bond acceptors (Lipinski definition) is 3. The number of hydrogen-bond donors (Lipinski definition) is 2. The van der Waals surface area contributed by atoms with Crippen molar-refractivity contribution in [1.82, 2.24) is 5.32 Å². The smallest absolute Gasteiger partial charge is 0.234 e. The Balaban J connectivity index is 2.68. The summed E-state index contributed by atoms with van der Waals surface area (Å²) in [6.45, 7) is 4.49. The van der Waals surface area contributed by atoms with Gasteiger partial charge in [0, 0.05) is 12.1 Å². The van der Waals surface area contributed by atoms with Gasteiger partial charge >= 0.3 is 0 Å². The molecule has 0 aliphatic rings. The van der Waals surface area contributed by atoms with Crippen LogP contribution in [0.4, 0.5) is 0 Å². The molecule has 1 rings (SSSR count). The minimum absolute atomic E-state index is 0.169. The number of carbonyl (C=O) groups is 1. The minimum Gasteiger partial charge on any atom is -0.496 e. The lowest BCUT2D eigenvalue weighted by molar-refractivity contribution is -0.121. The van der Waals surface area contributed by atoms with Crippen LogP contribution in [0.3, 0.4) is 0 Å². The van der Waals surface area contributed by atoms with Crippen molar-refractivity contribution in [2.24, 2.45) is 11.7 Å². The van der Waals surface area contributed by atoms with E-state index >= 15 is 0 Å². The van der Waals surface area contributed by atoms with Crippen molar-refractivity contribution in [3.05, 3.63) is 29.8 Å². The van der Waals surface area contributed by atoms with E-state index in [9.17, 15) is 4.79 Å². The molecule has 4 nitrogen and oxygen atoms in total. The van der Waals surface area contributed by atoms with Gasteiger partial charge in [0.2, 0.25) is 5.91 Å². The van der Waals surface area contributed by atoms with Crippen molar-refractivity contribution in [3.8, 4) is 5.75 Å². The van der Waals surface area contributed by atoms with Gasteiger partial charge in [-0.3, -0.25) is 4.79 Å². The molecule has 0 radical (unpaired) electrons. The molecule has 4 heteroatoms. The first-order chi connectivity index (χ1) is 8.06. The molecule has 1 aromatic carbocycles. The zero-order chi connectivity index (χ0) is 12.8. The molecular weight excluding hydrogens is 216 g/mol. The second-order valence-corrected chi connectivity index (χ2v) is 4.32. The Morgan fingerprint density at radius 1 is 1.41 bits per heavy atom. The van der Waals surface area contributed by atoms with E-state index in [1.165, 1.54) is 0 Å². The molecule has 0 saturated carbocycles. The van der Waals surface area contributed by atoms with Crippen LogP contribution >= 0.6 is 0 Å². The summed E-state index contributed by atoms with van der Waals surface area (Å²) in [7, 11) is 1.63. The number of benzene rings is 1. The first kappa shape index (κ1) is 13.5. The van der Waals surface area contributed by atoms with Gasteiger partial charge in [0.1, 0.15) is 5.75 Å². The molecule has 0 heterocycles. The van der Waals surface area contributed by atoms with Crippen molar-refractivity contribution in [2.45, 2.75) is 26.4 Å². The maximum absolute atomic E-state index is 11.2. The van der Waals surface area contributed by atoms with Gasteiger partial charge in [-0.1, -0.05) is 32.0 Å². The van der Waals surface area contributed by atoms with Gasteiger partial charge in [-0.25, -0.2) is 0 Å². The summed E-state index contributed by atoms with van der Waals surface area (Å²) in [4.78, 5) is 11.2. The highest BCUT2D eigenvalue weighted by Gasteiger charge is 2.18. The van der Waals surface area contributed by atoms with Gasteiger partial charge in [-0.05, 0) is 12.0 Å². The fraction of sp³-hybridized carbons (Fsp3) is 0.462. The summed E-state index contributed by atoms with van der Waals surface area (Å²) < 4.78 is 5.24. The molecule has 0 bridgehead atoms. The van der Waals surface area contributed by atoms with Gasteiger partial charge in [0.25, 0.3) is 0 Å². The van der Waals surface area contributed by atoms with Crippen LogP contribution in [0.2, 0.25) is 0 Å². The van der Waals surface area contributed by atoms with E-state index in [-0.39, 0.29) is 17.9 Å². The maximum atomic E-state index is 11.2. The average molecular weight is 236 g/mol. The molecule has 0 saturated heterocycles. The lowest BCUT2D eigenvalue weighted by Gasteiger charge is -2.19. The van der Waals surface area contributed by atoms with Gasteiger partial charge in [-0.2, -0.15) is 0 Å². The first-order valence-corrected chi connectivity index (χ1v) is 5.71. The molecule has 3 N–H and O–H groups in total. The van der Waals surface area contributed by atoms with Crippen LogP contribution in [0.15, 0.2) is 24.3 Å². The maximum Gasteiger partial charge on any atom is 0.234 e. The van der Waals surface area contributed by atoms with E-state index in [4.69, 9.17) is 10.5 Å². The Morgan fingerprint density at radius 2 is 2.06 bits per heavy atom. The molecule has 0 aliphatic heterocycles. The van der Waals surface area contributed by atoms with E-state index in [0.29, 0.717) is 6.54 Å². The highest BCUT2D eigenvalue weighted by molar-refractivity contribution is 5.80. The van der Waals surface area contributed by atoms with E-state index < -0.39 is 0 Å². The van der Waals surface area contributed by atoms with E-state index in [1.807, 2.05) is 38.1 Å². The van der Waals surface area contributed by atoms with Crippen molar-refractivity contribution >= 4 is 5.91 Å². The highest BCUT2D eigenvalue weighted by atomic mass is 16.5. The molecule has 17 heavy (non-hydrogen) atoms. The lowest BCUT2D eigenvalue weighted by atomic mass is 10.0. The number of carbonyl (C=O) groups excluding carboxylic acids is 1. The van der Waals surface area contributed by atoms with Crippen LogP contribution in [0.25, 0.3) is 0 Å². The predicted octanol–water partition coefficient (Wildman–Crippen LogP) is 1.29. The number of nitrogens with two attached hydrogens (primary N) is 1. The number of ether oxygens (including phenoxy) is 1. The quantitative estimate of drug-likeness (QED) is 0.782. The Morgan fingerprint density at radius 3 is 2.59 bits per heavy atom. The molecule has 0 fully saturated rings. The summed E-state index contributed by atoms with van der Waals surface area (Å²) in [5.74, 6) is 0.657. The molecular formula is C13H20N2O2. The number of rotatable bonds is 6. The largest absolute Gasteiger partial charge is 0.496 e. The Bertz CT molecular complexity index is 377. The standard InChI is InChI=1S/C13H20N2O2/c1-9(2)12(13(14)16)15-8-10-6-4-5-7-11(10)17-3/h4-7,9,12,15H,8H2,1-3H3,(H2,14,16). The second kappa shape index (κ2) is 6.25. The molecule has 1 amide bonds. The molecule has 1 aromatic rings. The van der Waals surface area contributed by atoms with E-state index in [2.05, 4.69) is 5.32 Å². The predicted molar refractivity (Wildman–Crippen MR) is 67.7 cm³/mol. The molecule has 1 atom stereocenters. The fourth-order valence-electron chi connectivity index (χ4n) is 1.73. The Labute approximate surface area is 102 Å². The van der Waals surface area contributed by atoms with Crippen molar-refractivity contribution in [2.75, 3.05) is 7.11 Å². The number of para-hydroxylation sites is 1. The summed E-state index contributed by atoms with van der Waals surface area (Å²) in [6.07, 6.45) is 0. The summed E-state index contributed by atoms with van der Waals surface area (Å²) in [5.41, 5.74) is 6.36. The Kier molecular flexibility index (Phi) is 4.97. The third-order valence-corrected chi connectivity index (χ3v) is 2.68. The van der Waals surface area contributed by atoms with Crippen LogP contribution < -0.4 is 15.8 Å². The minimum atomic E-state index is -0.324. The zero-order valence-corrected chi connectivity index (χ0v) is 10.6. The molecule has 0 spiro atoms. The molecule has 0 aromatic heterocycles. The van der Waals surface area contributed by atoms with Crippen LogP contribution in [0.1, 0.15) is 19.4 Å². The highest BCUT2D eigenvalue weighted by Crippen LogP contribution is 2.17. The van der Waals surface area contributed by atoms with Crippen LogP contribution in [0.5, 0.6) is 5.75 Å². The molecule has 0 aliphatic carbocycles. The van der Waals surface area contributed by atoms with Crippen LogP contribution in [-0.2, 0) is 11.3 Å². The number of amides is 1. The van der Waals surface area contributed by atoms with E-state index in [1.54, 1.807) is 7.11 Å². The molecule has 94 valence electrons. The van der Waals surface area contributed by atoms with Crippen LogP contribution in [-0.4, -0.2) is 19.1 Å². The average Bonchev–Trinajstić information content (AvgIpc) is 2.29. The van der Waals surface area contributed by atoms with Crippen LogP contribution in [0, 0.1) is 5.92 Å². The SMILES string of the molecule is COc1ccccc1CNC(C(N)=O)C(C)C. The summed E-state index contributed by atoms with van der Waals surface area (Å²) in [5, 5.41) is 3.16.